The lowest BCUT2D eigenvalue weighted by Crippen LogP contribution is -2.42. The lowest BCUT2D eigenvalue weighted by atomic mass is 10.0. The van der Waals surface area contributed by atoms with Gasteiger partial charge in [0.1, 0.15) is 11.9 Å². The molecule has 2 N–H and O–H groups in total. The van der Waals surface area contributed by atoms with Gasteiger partial charge < -0.3 is 19.6 Å². The lowest BCUT2D eigenvalue weighted by Gasteiger charge is -2.37. The van der Waals surface area contributed by atoms with Gasteiger partial charge in [0.25, 0.3) is 5.91 Å². The standard InChI is InChI=1S/C21H17N3O2/c25-21-16-8-2-4-10-19(16)23-20(24(21)13-14-6-5-11-26-14)17-12-22-18-9-3-1-7-15(17)18/h1-12,20,22-23H,13H2/t20-/m0/s1. The number of anilines is 1. The molecule has 0 unspecified atom stereocenters. The molecule has 1 amide bonds. The molecule has 0 saturated heterocycles. The molecule has 3 heterocycles. The highest BCUT2D eigenvalue weighted by Crippen LogP contribution is 2.36. The van der Waals surface area contributed by atoms with Crippen LogP contribution in [0.3, 0.4) is 0 Å². The van der Waals surface area contributed by atoms with Gasteiger partial charge in [0.05, 0.1) is 18.4 Å². The zero-order valence-corrected chi connectivity index (χ0v) is 14.0. The molecule has 5 nitrogen and oxygen atoms in total. The number of carbonyl (C=O) groups excluding carboxylic acids is 1. The van der Waals surface area contributed by atoms with E-state index in [1.54, 1.807) is 6.26 Å². The van der Waals surface area contributed by atoms with Gasteiger partial charge in [-0.2, -0.15) is 0 Å². The van der Waals surface area contributed by atoms with E-state index in [2.05, 4.69) is 16.4 Å². The molecule has 1 atom stereocenters. The maximum absolute atomic E-state index is 13.2. The molecule has 0 radical (unpaired) electrons. The van der Waals surface area contributed by atoms with Gasteiger partial charge in [0, 0.05) is 28.4 Å². The van der Waals surface area contributed by atoms with Crippen molar-refractivity contribution in [1.29, 1.82) is 0 Å². The average molecular weight is 343 g/mol. The van der Waals surface area contributed by atoms with Gasteiger partial charge in [-0.05, 0) is 30.3 Å². The van der Waals surface area contributed by atoms with Crippen molar-refractivity contribution >= 4 is 22.5 Å². The topological polar surface area (TPSA) is 61.3 Å². The number of aromatic amines is 1. The molecule has 4 aromatic rings. The summed E-state index contributed by atoms with van der Waals surface area (Å²) in [6.45, 7) is 0.400. The fourth-order valence-corrected chi connectivity index (χ4v) is 3.59. The Morgan fingerprint density at radius 1 is 1.00 bits per heavy atom. The first-order valence-electron chi connectivity index (χ1n) is 8.56. The summed E-state index contributed by atoms with van der Waals surface area (Å²) in [5.74, 6) is 0.746. The van der Waals surface area contributed by atoms with Crippen molar-refractivity contribution in [1.82, 2.24) is 9.88 Å². The summed E-state index contributed by atoms with van der Waals surface area (Å²) in [6, 6.07) is 19.5. The highest BCUT2D eigenvalue weighted by Gasteiger charge is 2.34. The van der Waals surface area contributed by atoms with Crippen LogP contribution in [0.4, 0.5) is 5.69 Å². The third-order valence-electron chi connectivity index (χ3n) is 4.84. The fourth-order valence-electron chi connectivity index (χ4n) is 3.59. The van der Waals surface area contributed by atoms with E-state index < -0.39 is 0 Å². The zero-order chi connectivity index (χ0) is 17.5. The second kappa shape index (κ2) is 5.81. The van der Waals surface area contributed by atoms with Crippen LogP contribution in [0.2, 0.25) is 0 Å². The molecule has 0 spiro atoms. The highest BCUT2D eigenvalue weighted by atomic mass is 16.3. The first-order chi connectivity index (χ1) is 12.8. The Hall–Kier alpha value is -3.47. The highest BCUT2D eigenvalue weighted by molar-refractivity contribution is 6.02. The van der Waals surface area contributed by atoms with Crippen molar-refractivity contribution in [2.24, 2.45) is 0 Å². The van der Waals surface area contributed by atoms with E-state index in [-0.39, 0.29) is 12.1 Å². The summed E-state index contributed by atoms with van der Waals surface area (Å²) in [5.41, 5.74) is 3.61. The summed E-state index contributed by atoms with van der Waals surface area (Å²) in [6.07, 6.45) is 3.32. The Labute approximate surface area is 150 Å². The summed E-state index contributed by atoms with van der Waals surface area (Å²) < 4.78 is 5.50. The number of H-pyrrole nitrogens is 1. The lowest BCUT2D eigenvalue weighted by molar-refractivity contribution is 0.0653. The Morgan fingerprint density at radius 2 is 1.85 bits per heavy atom. The van der Waals surface area contributed by atoms with Crippen molar-refractivity contribution in [2.45, 2.75) is 12.7 Å². The van der Waals surface area contributed by atoms with E-state index in [1.807, 2.05) is 65.7 Å². The van der Waals surface area contributed by atoms with Crippen LogP contribution < -0.4 is 5.32 Å². The molecule has 5 rings (SSSR count). The van der Waals surface area contributed by atoms with E-state index >= 15 is 0 Å². The third-order valence-corrected chi connectivity index (χ3v) is 4.84. The number of hydrogen-bond acceptors (Lipinski definition) is 3. The van der Waals surface area contributed by atoms with Crippen LogP contribution in [-0.2, 0) is 6.54 Å². The molecule has 0 saturated carbocycles. The minimum absolute atomic E-state index is 0.00830. The van der Waals surface area contributed by atoms with Gasteiger partial charge in [-0.1, -0.05) is 30.3 Å². The van der Waals surface area contributed by atoms with Gasteiger partial charge in [-0.15, -0.1) is 0 Å². The Morgan fingerprint density at radius 3 is 2.73 bits per heavy atom. The predicted octanol–water partition coefficient (Wildman–Crippen LogP) is 4.53. The minimum atomic E-state index is -0.279. The Bertz CT molecular complexity index is 1080. The number of para-hydroxylation sites is 2. The number of furan rings is 1. The van der Waals surface area contributed by atoms with Crippen LogP contribution in [0.15, 0.2) is 77.5 Å². The predicted molar refractivity (Wildman–Crippen MR) is 99.7 cm³/mol. The number of nitrogens with one attached hydrogen (secondary N) is 2. The second-order valence-electron chi connectivity index (χ2n) is 6.39. The molecule has 1 aliphatic rings. The van der Waals surface area contributed by atoms with Gasteiger partial charge in [0.2, 0.25) is 0 Å². The zero-order valence-electron chi connectivity index (χ0n) is 14.0. The number of nitrogens with zero attached hydrogens (tertiary/aromatic N) is 1. The molecule has 2 aromatic carbocycles. The van der Waals surface area contributed by atoms with E-state index in [0.29, 0.717) is 12.1 Å². The van der Waals surface area contributed by atoms with E-state index in [4.69, 9.17) is 4.42 Å². The maximum Gasteiger partial charge on any atom is 0.258 e. The van der Waals surface area contributed by atoms with Gasteiger partial charge in [-0.25, -0.2) is 0 Å². The molecule has 26 heavy (non-hydrogen) atoms. The van der Waals surface area contributed by atoms with Gasteiger partial charge in [0.15, 0.2) is 0 Å². The quantitative estimate of drug-likeness (QED) is 0.575. The molecular weight excluding hydrogens is 326 g/mol. The van der Waals surface area contributed by atoms with E-state index in [0.717, 1.165) is 27.9 Å². The molecular formula is C21H17N3O2. The third kappa shape index (κ3) is 2.29. The molecule has 0 fully saturated rings. The average Bonchev–Trinajstić information content (AvgIpc) is 3.34. The maximum atomic E-state index is 13.2. The van der Waals surface area contributed by atoms with E-state index in [9.17, 15) is 4.79 Å². The summed E-state index contributed by atoms with van der Waals surface area (Å²) in [4.78, 5) is 18.3. The van der Waals surface area contributed by atoms with Crippen LogP contribution in [0.25, 0.3) is 10.9 Å². The SMILES string of the molecule is O=C1c2ccccc2N[C@H](c2c[nH]c3ccccc23)N1Cc1ccco1. The van der Waals surface area contributed by atoms with Crippen LogP contribution in [0.5, 0.6) is 0 Å². The number of carbonyl (C=O) groups is 1. The summed E-state index contributed by atoms with van der Waals surface area (Å²) in [5, 5.41) is 4.63. The Kier molecular flexibility index (Phi) is 3.31. The minimum Gasteiger partial charge on any atom is -0.467 e. The molecule has 0 bridgehead atoms. The molecule has 2 aromatic heterocycles. The second-order valence-corrected chi connectivity index (χ2v) is 6.39. The van der Waals surface area contributed by atoms with Gasteiger partial charge in [-0.3, -0.25) is 4.79 Å². The molecule has 5 heteroatoms. The normalized spacial score (nSPS) is 16.5. The fraction of sp³-hybridized carbons (Fsp3) is 0.0952. The molecule has 1 aliphatic heterocycles. The number of aromatic nitrogens is 1. The van der Waals surface area contributed by atoms with Crippen molar-refractivity contribution in [3.8, 4) is 0 Å². The molecule has 0 aliphatic carbocycles. The molecule has 128 valence electrons. The number of benzene rings is 2. The van der Waals surface area contributed by atoms with Crippen molar-refractivity contribution in [3.05, 3.63) is 90.0 Å². The number of hydrogen-bond donors (Lipinski definition) is 2. The largest absolute Gasteiger partial charge is 0.467 e. The first kappa shape index (κ1) is 14.8. The number of fused-ring (bicyclic) bond motifs is 2. The van der Waals surface area contributed by atoms with Crippen molar-refractivity contribution in [2.75, 3.05) is 5.32 Å². The van der Waals surface area contributed by atoms with Gasteiger partial charge >= 0.3 is 0 Å². The Balaban J connectivity index is 1.64. The van der Waals surface area contributed by atoms with Crippen molar-refractivity contribution < 1.29 is 9.21 Å². The van der Waals surface area contributed by atoms with Crippen molar-refractivity contribution in [3.63, 3.8) is 0 Å². The van der Waals surface area contributed by atoms with Crippen LogP contribution in [0, 0.1) is 0 Å². The summed E-state index contributed by atoms with van der Waals surface area (Å²) in [7, 11) is 0. The summed E-state index contributed by atoms with van der Waals surface area (Å²) >= 11 is 0. The van der Waals surface area contributed by atoms with Crippen LogP contribution in [-0.4, -0.2) is 15.8 Å². The monoisotopic (exact) mass is 343 g/mol. The number of amides is 1. The number of rotatable bonds is 3. The smallest absolute Gasteiger partial charge is 0.258 e. The van der Waals surface area contributed by atoms with Crippen LogP contribution in [0.1, 0.15) is 27.8 Å². The van der Waals surface area contributed by atoms with E-state index in [1.165, 1.54) is 0 Å². The first-order valence-corrected chi connectivity index (χ1v) is 8.56. The van der Waals surface area contributed by atoms with Crippen LogP contribution >= 0.6 is 0 Å².